The summed E-state index contributed by atoms with van der Waals surface area (Å²) in [5.41, 5.74) is -2.01. The molecule has 1 N–H and O–H groups in total. The summed E-state index contributed by atoms with van der Waals surface area (Å²) in [6, 6.07) is 0. The maximum atomic E-state index is 12.4. The van der Waals surface area contributed by atoms with Gasteiger partial charge in [-0.25, -0.2) is 0 Å². The van der Waals surface area contributed by atoms with Gasteiger partial charge in [-0.05, 0) is 75.2 Å². The van der Waals surface area contributed by atoms with Crippen LogP contribution in [-0.4, -0.2) is 64.7 Å². The van der Waals surface area contributed by atoms with Crippen LogP contribution < -0.4 is 0 Å². The SMILES string of the molecule is CCC(CC(C)(C)OCCOC(C)(C)CC(CC)OC(C)(C)C(=O)CCC(=O)O)OC(C)(C)C. The molecule has 0 aromatic heterocycles. The summed E-state index contributed by atoms with van der Waals surface area (Å²) in [7, 11) is 0. The number of hydrogen-bond acceptors (Lipinski definition) is 6. The fraction of sp³-hybridized carbons (Fsp3) is 0.926. The van der Waals surface area contributed by atoms with Crippen LogP contribution in [0.1, 0.15) is 115 Å². The van der Waals surface area contributed by atoms with E-state index in [9.17, 15) is 9.59 Å². The normalized spacial score (nSPS) is 15.3. The van der Waals surface area contributed by atoms with Crippen molar-refractivity contribution in [2.24, 2.45) is 0 Å². The average Bonchev–Trinajstić information content (AvgIpc) is 2.66. The van der Waals surface area contributed by atoms with Gasteiger partial charge in [0, 0.05) is 19.3 Å². The molecule has 2 atom stereocenters. The number of Topliss-reactive ketones (excluding diaryl/α,β-unsaturated/α-hetero) is 1. The molecule has 0 aliphatic rings. The topological polar surface area (TPSA) is 91.3 Å². The Morgan fingerprint density at radius 1 is 0.706 bits per heavy atom. The number of hydrogen-bond donors (Lipinski definition) is 1. The molecular formula is C27H52O7. The van der Waals surface area contributed by atoms with Gasteiger partial charge in [0.05, 0.1) is 48.6 Å². The van der Waals surface area contributed by atoms with Gasteiger partial charge in [-0.3, -0.25) is 9.59 Å². The molecule has 0 aliphatic carbocycles. The number of carboxylic acid groups (broad SMARTS) is 1. The number of rotatable bonds is 18. The van der Waals surface area contributed by atoms with Crippen LogP contribution in [0.3, 0.4) is 0 Å². The zero-order chi connectivity index (χ0) is 26.8. The molecule has 0 bridgehead atoms. The van der Waals surface area contributed by atoms with Crippen LogP contribution in [0, 0.1) is 0 Å². The molecule has 0 aliphatic heterocycles. The van der Waals surface area contributed by atoms with Gasteiger partial charge < -0.3 is 24.1 Å². The minimum Gasteiger partial charge on any atom is -0.481 e. The van der Waals surface area contributed by atoms with Gasteiger partial charge in [-0.2, -0.15) is 0 Å². The maximum Gasteiger partial charge on any atom is 0.303 e. The van der Waals surface area contributed by atoms with E-state index in [0.29, 0.717) is 19.6 Å². The molecule has 0 radical (unpaired) electrons. The minimum absolute atomic E-state index is 0.0362. The molecule has 0 aromatic rings. The largest absolute Gasteiger partial charge is 0.481 e. The lowest BCUT2D eigenvalue weighted by Crippen LogP contribution is -2.42. The molecule has 0 aromatic carbocycles. The molecule has 0 rings (SSSR count). The fourth-order valence-corrected chi connectivity index (χ4v) is 3.89. The maximum absolute atomic E-state index is 12.4. The first-order valence-electron chi connectivity index (χ1n) is 12.7. The van der Waals surface area contributed by atoms with Crippen molar-refractivity contribution in [3.8, 4) is 0 Å². The van der Waals surface area contributed by atoms with Crippen molar-refractivity contribution in [3.63, 3.8) is 0 Å². The molecule has 34 heavy (non-hydrogen) atoms. The minimum atomic E-state index is -1.04. The quantitative estimate of drug-likeness (QED) is 0.238. The van der Waals surface area contributed by atoms with Gasteiger partial charge in [0.25, 0.3) is 0 Å². The third kappa shape index (κ3) is 15.1. The molecule has 0 saturated carbocycles. The Kier molecular flexibility index (Phi) is 13.5. The first kappa shape index (κ1) is 33.0. The van der Waals surface area contributed by atoms with Gasteiger partial charge in [0.15, 0.2) is 5.78 Å². The highest BCUT2D eigenvalue weighted by molar-refractivity contribution is 5.88. The van der Waals surface area contributed by atoms with E-state index in [1.54, 1.807) is 13.8 Å². The monoisotopic (exact) mass is 488 g/mol. The smallest absolute Gasteiger partial charge is 0.303 e. The number of carbonyl (C=O) groups is 2. The molecule has 0 fully saturated rings. The van der Waals surface area contributed by atoms with E-state index in [0.717, 1.165) is 19.3 Å². The second-order valence-corrected chi connectivity index (χ2v) is 11.9. The van der Waals surface area contributed by atoms with Crippen LogP contribution in [-0.2, 0) is 28.5 Å². The highest BCUT2D eigenvalue weighted by Gasteiger charge is 2.34. The molecule has 0 spiro atoms. The Labute approximate surface area is 208 Å². The Bertz CT molecular complexity index is 617. The van der Waals surface area contributed by atoms with E-state index in [2.05, 4.69) is 41.5 Å². The second-order valence-electron chi connectivity index (χ2n) is 11.9. The fourth-order valence-electron chi connectivity index (χ4n) is 3.89. The van der Waals surface area contributed by atoms with Crippen molar-refractivity contribution >= 4 is 11.8 Å². The molecule has 0 saturated heterocycles. The van der Waals surface area contributed by atoms with E-state index in [1.807, 2.05) is 20.8 Å². The van der Waals surface area contributed by atoms with Crippen molar-refractivity contribution in [2.75, 3.05) is 13.2 Å². The summed E-state index contributed by atoms with van der Waals surface area (Å²) in [6.45, 7) is 22.9. The first-order valence-corrected chi connectivity index (χ1v) is 12.7. The van der Waals surface area contributed by atoms with Crippen molar-refractivity contribution in [1.82, 2.24) is 0 Å². The van der Waals surface area contributed by atoms with E-state index < -0.39 is 17.2 Å². The Morgan fingerprint density at radius 2 is 1.12 bits per heavy atom. The van der Waals surface area contributed by atoms with E-state index in [1.165, 1.54) is 0 Å². The highest BCUT2D eigenvalue weighted by Crippen LogP contribution is 2.27. The van der Waals surface area contributed by atoms with E-state index >= 15 is 0 Å². The summed E-state index contributed by atoms with van der Waals surface area (Å²) in [6.07, 6.45) is 2.80. The Morgan fingerprint density at radius 3 is 1.47 bits per heavy atom. The van der Waals surface area contributed by atoms with E-state index in [-0.39, 0.29) is 42.0 Å². The summed E-state index contributed by atoms with van der Waals surface area (Å²) in [5, 5.41) is 8.84. The lowest BCUT2D eigenvalue weighted by Gasteiger charge is -2.35. The third-order valence-electron chi connectivity index (χ3n) is 5.64. The van der Waals surface area contributed by atoms with Crippen molar-refractivity contribution in [2.45, 2.75) is 149 Å². The molecule has 2 unspecified atom stereocenters. The van der Waals surface area contributed by atoms with Gasteiger partial charge in [-0.1, -0.05) is 13.8 Å². The summed E-state index contributed by atoms with van der Waals surface area (Å²) in [5.74, 6) is -1.19. The lowest BCUT2D eigenvalue weighted by molar-refractivity contribution is -0.158. The molecule has 0 amide bonds. The standard InChI is InChI=1S/C27H52O7/c1-12-20(33-24(3,4)5)18-25(6,7)31-16-17-32-26(8,9)19-21(13-2)34-27(10,11)22(28)14-15-23(29)30/h20-21H,12-19H2,1-11H3,(H,29,30). The van der Waals surface area contributed by atoms with Gasteiger partial charge in [0.2, 0.25) is 0 Å². The molecule has 202 valence electrons. The van der Waals surface area contributed by atoms with Gasteiger partial charge in [-0.15, -0.1) is 0 Å². The van der Waals surface area contributed by atoms with Crippen molar-refractivity contribution in [3.05, 3.63) is 0 Å². The van der Waals surface area contributed by atoms with Crippen LogP contribution in [0.5, 0.6) is 0 Å². The van der Waals surface area contributed by atoms with Crippen LogP contribution in [0.2, 0.25) is 0 Å². The second kappa shape index (κ2) is 13.9. The third-order valence-corrected chi connectivity index (χ3v) is 5.64. The number of ketones is 1. The lowest BCUT2D eigenvalue weighted by atomic mass is 9.95. The summed E-state index contributed by atoms with van der Waals surface area (Å²) < 4.78 is 24.5. The van der Waals surface area contributed by atoms with Crippen LogP contribution in [0.15, 0.2) is 0 Å². The first-order chi connectivity index (χ1) is 15.3. The molecular weight excluding hydrogens is 436 g/mol. The summed E-state index contributed by atoms with van der Waals surface area (Å²) >= 11 is 0. The number of carbonyl (C=O) groups excluding carboxylic acids is 1. The van der Waals surface area contributed by atoms with Gasteiger partial charge in [0.1, 0.15) is 5.60 Å². The molecule has 7 heteroatoms. The number of ether oxygens (including phenoxy) is 4. The highest BCUT2D eigenvalue weighted by atomic mass is 16.6. The average molecular weight is 489 g/mol. The predicted molar refractivity (Wildman–Crippen MR) is 135 cm³/mol. The predicted octanol–water partition coefficient (Wildman–Crippen LogP) is 5.96. The van der Waals surface area contributed by atoms with Crippen molar-refractivity contribution < 1.29 is 33.6 Å². The number of carboxylic acids is 1. The van der Waals surface area contributed by atoms with Crippen LogP contribution in [0.25, 0.3) is 0 Å². The van der Waals surface area contributed by atoms with E-state index in [4.69, 9.17) is 24.1 Å². The number of aliphatic carboxylic acids is 1. The molecule has 0 heterocycles. The Balaban J connectivity index is 4.67. The van der Waals surface area contributed by atoms with Crippen LogP contribution in [0.4, 0.5) is 0 Å². The van der Waals surface area contributed by atoms with Crippen molar-refractivity contribution in [1.29, 1.82) is 0 Å². The summed E-state index contributed by atoms with van der Waals surface area (Å²) in [4.78, 5) is 23.2. The molecule has 7 nitrogen and oxygen atoms in total. The zero-order valence-corrected chi connectivity index (χ0v) is 23.7. The van der Waals surface area contributed by atoms with Crippen LogP contribution >= 0.6 is 0 Å². The Hall–Kier alpha value is -1.02. The zero-order valence-electron chi connectivity index (χ0n) is 23.7. The van der Waals surface area contributed by atoms with Gasteiger partial charge >= 0.3 is 5.97 Å².